The third kappa shape index (κ3) is 5.84. The molecule has 0 aromatic heterocycles. The van der Waals surface area contributed by atoms with E-state index >= 15 is 0 Å². The fourth-order valence-corrected chi connectivity index (χ4v) is 3.48. The van der Waals surface area contributed by atoms with Crippen molar-refractivity contribution in [2.45, 2.75) is 25.7 Å². The van der Waals surface area contributed by atoms with Crippen molar-refractivity contribution >= 4 is 29.4 Å². The van der Waals surface area contributed by atoms with E-state index in [1.807, 2.05) is 0 Å². The molecule has 1 saturated heterocycles. The smallest absolute Gasteiger partial charge is 0.335 e. The minimum Gasteiger partial charge on any atom is -0.483 e. The monoisotopic (exact) mass is 440 g/mol. The normalized spacial score (nSPS) is 13.7. The summed E-state index contributed by atoms with van der Waals surface area (Å²) in [5, 5.41) is 20.9. The number of anilines is 1. The van der Waals surface area contributed by atoms with Gasteiger partial charge in [0, 0.05) is 18.8 Å². The summed E-state index contributed by atoms with van der Waals surface area (Å²) in [5.41, 5.74) is -0.392. The van der Waals surface area contributed by atoms with Crippen LogP contribution in [0.25, 0.3) is 0 Å². The molecule has 0 radical (unpaired) electrons. The highest BCUT2D eigenvalue weighted by Gasteiger charge is 2.19. The predicted octanol–water partition coefficient (Wildman–Crippen LogP) is 3.12. The Morgan fingerprint density at radius 2 is 1.47 bits per heavy atom. The number of carboxylic acids is 2. The van der Waals surface area contributed by atoms with Gasteiger partial charge in [-0.1, -0.05) is 25.0 Å². The highest BCUT2D eigenvalue weighted by Crippen LogP contribution is 2.22. The maximum absolute atomic E-state index is 12.8. The first-order valence-electron chi connectivity index (χ1n) is 10.3. The summed E-state index contributed by atoms with van der Waals surface area (Å²) < 4.78 is 5.64. The first kappa shape index (κ1) is 22.8. The van der Waals surface area contributed by atoms with Crippen LogP contribution < -0.4 is 10.1 Å². The largest absolute Gasteiger partial charge is 0.483 e. The molecule has 0 saturated carbocycles. The third-order valence-electron chi connectivity index (χ3n) is 5.13. The Bertz CT molecular complexity index is 995. The van der Waals surface area contributed by atoms with Crippen LogP contribution in [0.4, 0.5) is 5.69 Å². The summed E-state index contributed by atoms with van der Waals surface area (Å²) in [5.74, 6) is -3.22. The van der Waals surface area contributed by atoms with Crippen LogP contribution in [0, 0.1) is 0 Å². The zero-order valence-electron chi connectivity index (χ0n) is 17.4. The van der Waals surface area contributed by atoms with Crippen LogP contribution in [0.15, 0.2) is 42.5 Å². The standard InChI is InChI=1S/C23H24N2O7/c26-20(25-9-5-1-2-6-10-25)14-32-19-8-4-3-7-18(19)21(27)24-17-12-15(22(28)29)11-16(13-17)23(30)31/h3-4,7-8,11-13H,1-2,5-6,9-10,14H2,(H,24,27)(H,28,29)(H,30,31). The van der Waals surface area contributed by atoms with Crippen LogP contribution in [-0.2, 0) is 4.79 Å². The molecule has 0 aliphatic carbocycles. The average Bonchev–Trinajstić information content (AvgIpc) is 3.07. The van der Waals surface area contributed by atoms with E-state index in [0.717, 1.165) is 31.7 Å². The van der Waals surface area contributed by atoms with Crippen molar-refractivity contribution in [3.63, 3.8) is 0 Å². The van der Waals surface area contributed by atoms with Gasteiger partial charge in [-0.25, -0.2) is 9.59 Å². The van der Waals surface area contributed by atoms with Gasteiger partial charge >= 0.3 is 11.9 Å². The Morgan fingerprint density at radius 1 is 0.875 bits per heavy atom. The zero-order valence-corrected chi connectivity index (χ0v) is 17.4. The molecule has 1 aliphatic heterocycles. The highest BCUT2D eigenvalue weighted by molar-refractivity contribution is 6.07. The van der Waals surface area contributed by atoms with Gasteiger partial charge in [-0.2, -0.15) is 0 Å². The number of amides is 2. The minimum atomic E-state index is -1.32. The van der Waals surface area contributed by atoms with Gasteiger partial charge in [0.1, 0.15) is 5.75 Å². The number of ether oxygens (including phenoxy) is 1. The maximum atomic E-state index is 12.8. The van der Waals surface area contributed by atoms with Gasteiger partial charge in [0.15, 0.2) is 6.61 Å². The SMILES string of the molecule is O=C(O)c1cc(NC(=O)c2ccccc2OCC(=O)N2CCCCCC2)cc(C(=O)O)c1. The quantitative estimate of drug-likeness (QED) is 0.602. The van der Waals surface area contributed by atoms with Crippen LogP contribution in [-0.4, -0.2) is 58.6 Å². The number of carboxylic acid groups (broad SMARTS) is 2. The van der Waals surface area contributed by atoms with Crippen molar-refractivity contribution < 1.29 is 34.1 Å². The van der Waals surface area contributed by atoms with E-state index in [2.05, 4.69) is 5.32 Å². The van der Waals surface area contributed by atoms with E-state index in [-0.39, 0.29) is 40.6 Å². The molecule has 0 unspecified atom stereocenters. The summed E-state index contributed by atoms with van der Waals surface area (Å²) in [7, 11) is 0. The second-order valence-corrected chi connectivity index (χ2v) is 7.44. The molecule has 9 heteroatoms. The van der Waals surface area contributed by atoms with Gasteiger partial charge in [0.2, 0.25) is 0 Å². The molecule has 2 aromatic rings. The molecule has 0 bridgehead atoms. The number of nitrogens with one attached hydrogen (secondary N) is 1. The number of benzene rings is 2. The average molecular weight is 440 g/mol. The Balaban J connectivity index is 1.73. The van der Waals surface area contributed by atoms with Crippen molar-refractivity contribution in [3.8, 4) is 5.75 Å². The molecule has 3 rings (SSSR count). The van der Waals surface area contributed by atoms with E-state index < -0.39 is 17.8 Å². The first-order valence-corrected chi connectivity index (χ1v) is 10.3. The molecule has 2 aromatic carbocycles. The van der Waals surface area contributed by atoms with E-state index in [4.69, 9.17) is 4.74 Å². The lowest BCUT2D eigenvalue weighted by molar-refractivity contribution is -0.133. The molecule has 2 amide bonds. The second-order valence-electron chi connectivity index (χ2n) is 7.44. The van der Waals surface area contributed by atoms with Gasteiger partial charge in [-0.05, 0) is 43.2 Å². The van der Waals surface area contributed by atoms with E-state index in [9.17, 15) is 29.4 Å². The molecule has 1 heterocycles. The fourth-order valence-electron chi connectivity index (χ4n) is 3.48. The highest BCUT2D eigenvalue weighted by atomic mass is 16.5. The maximum Gasteiger partial charge on any atom is 0.335 e. The lowest BCUT2D eigenvalue weighted by Gasteiger charge is -2.20. The number of carbonyl (C=O) groups excluding carboxylic acids is 2. The Labute approximate surface area is 184 Å². The molecule has 168 valence electrons. The number of likely N-dealkylation sites (tertiary alicyclic amines) is 1. The Morgan fingerprint density at radius 3 is 2.06 bits per heavy atom. The van der Waals surface area contributed by atoms with Gasteiger partial charge in [0.05, 0.1) is 16.7 Å². The van der Waals surface area contributed by atoms with Crippen LogP contribution in [0.1, 0.15) is 56.8 Å². The number of para-hydroxylation sites is 1. The first-order chi connectivity index (χ1) is 15.3. The number of hydrogen-bond acceptors (Lipinski definition) is 5. The van der Waals surface area contributed by atoms with Crippen LogP contribution in [0.5, 0.6) is 5.75 Å². The lowest BCUT2D eigenvalue weighted by Crippen LogP contribution is -2.35. The van der Waals surface area contributed by atoms with Gasteiger partial charge in [-0.15, -0.1) is 0 Å². The molecule has 9 nitrogen and oxygen atoms in total. The molecular formula is C23H24N2O7. The molecule has 0 spiro atoms. The molecular weight excluding hydrogens is 416 g/mol. The number of hydrogen-bond donors (Lipinski definition) is 3. The van der Waals surface area contributed by atoms with Crippen LogP contribution in [0.2, 0.25) is 0 Å². The molecule has 32 heavy (non-hydrogen) atoms. The number of rotatable bonds is 7. The van der Waals surface area contributed by atoms with E-state index in [1.54, 1.807) is 23.1 Å². The van der Waals surface area contributed by atoms with Crippen LogP contribution >= 0.6 is 0 Å². The summed E-state index contributed by atoms with van der Waals surface area (Å²) in [6.07, 6.45) is 4.11. The summed E-state index contributed by atoms with van der Waals surface area (Å²) in [6, 6.07) is 9.68. The van der Waals surface area contributed by atoms with Crippen LogP contribution in [0.3, 0.4) is 0 Å². The second kappa shape index (κ2) is 10.4. The van der Waals surface area contributed by atoms with Gasteiger partial charge < -0.3 is 25.2 Å². The molecule has 1 aliphatic rings. The molecule has 0 atom stereocenters. The van der Waals surface area contributed by atoms with E-state index in [0.29, 0.717) is 13.1 Å². The lowest BCUT2D eigenvalue weighted by atomic mass is 10.1. The summed E-state index contributed by atoms with van der Waals surface area (Å²) in [6.45, 7) is 1.17. The minimum absolute atomic E-state index is 0.0164. The summed E-state index contributed by atoms with van der Waals surface area (Å²) >= 11 is 0. The molecule has 1 fully saturated rings. The van der Waals surface area contributed by atoms with Gasteiger partial charge in [0.25, 0.3) is 11.8 Å². The van der Waals surface area contributed by atoms with Crippen molar-refractivity contribution in [2.24, 2.45) is 0 Å². The number of aromatic carboxylic acids is 2. The fraction of sp³-hybridized carbons (Fsp3) is 0.304. The Hall–Kier alpha value is -3.88. The number of carbonyl (C=O) groups is 4. The topological polar surface area (TPSA) is 133 Å². The van der Waals surface area contributed by atoms with Crippen molar-refractivity contribution in [1.29, 1.82) is 0 Å². The van der Waals surface area contributed by atoms with Crippen molar-refractivity contribution in [1.82, 2.24) is 4.90 Å². The van der Waals surface area contributed by atoms with Gasteiger partial charge in [-0.3, -0.25) is 9.59 Å². The zero-order chi connectivity index (χ0) is 23.1. The molecule has 3 N–H and O–H groups in total. The predicted molar refractivity (Wildman–Crippen MR) is 115 cm³/mol. The van der Waals surface area contributed by atoms with E-state index in [1.165, 1.54) is 18.2 Å². The number of nitrogens with zero attached hydrogens (tertiary/aromatic N) is 1. The Kier molecular flexibility index (Phi) is 7.43. The van der Waals surface area contributed by atoms with Crippen molar-refractivity contribution in [2.75, 3.05) is 25.0 Å². The summed E-state index contributed by atoms with van der Waals surface area (Å²) in [4.78, 5) is 49.6. The third-order valence-corrected chi connectivity index (χ3v) is 5.13. The van der Waals surface area contributed by atoms with Crippen molar-refractivity contribution in [3.05, 3.63) is 59.2 Å².